The lowest BCUT2D eigenvalue weighted by Crippen LogP contribution is -2.18. The molecular weight excluding hydrogens is 270 g/mol. The molecule has 102 valence electrons. The van der Waals surface area contributed by atoms with E-state index in [1.165, 1.54) is 0 Å². The molecular formula is C12H19NO3S2. The molecule has 0 saturated heterocycles. The maximum Gasteiger partial charge on any atom is 0.179 e. The second-order valence-electron chi connectivity index (χ2n) is 4.30. The SMILES string of the molecule is CC(C)S(=O)CCS(=O)(=O)c1cccc(CN)c1. The number of rotatable bonds is 6. The smallest absolute Gasteiger partial charge is 0.179 e. The van der Waals surface area contributed by atoms with Crippen LogP contribution in [0.25, 0.3) is 0 Å². The minimum Gasteiger partial charge on any atom is -0.326 e. The lowest BCUT2D eigenvalue weighted by molar-refractivity contribution is 0.596. The van der Waals surface area contributed by atoms with Crippen molar-refractivity contribution >= 4 is 20.6 Å². The molecule has 0 aliphatic heterocycles. The molecule has 0 aromatic heterocycles. The molecule has 0 fully saturated rings. The number of hydrogen-bond donors (Lipinski definition) is 1. The van der Waals surface area contributed by atoms with Gasteiger partial charge >= 0.3 is 0 Å². The van der Waals surface area contributed by atoms with E-state index in [1.807, 2.05) is 13.8 Å². The fourth-order valence-corrected chi connectivity index (χ4v) is 4.27. The number of sulfone groups is 1. The summed E-state index contributed by atoms with van der Waals surface area (Å²) >= 11 is 0. The average molecular weight is 289 g/mol. The van der Waals surface area contributed by atoms with Crippen LogP contribution in [-0.2, 0) is 27.2 Å². The molecule has 0 radical (unpaired) electrons. The van der Waals surface area contributed by atoms with Gasteiger partial charge in [0.1, 0.15) is 0 Å². The van der Waals surface area contributed by atoms with Gasteiger partial charge in [-0.25, -0.2) is 8.42 Å². The highest BCUT2D eigenvalue weighted by Gasteiger charge is 2.17. The normalized spacial score (nSPS) is 13.8. The molecule has 0 heterocycles. The Morgan fingerprint density at radius 1 is 1.33 bits per heavy atom. The van der Waals surface area contributed by atoms with Crippen LogP contribution < -0.4 is 5.73 Å². The van der Waals surface area contributed by atoms with Gasteiger partial charge in [0.2, 0.25) is 0 Å². The molecule has 0 bridgehead atoms. The first-order valence-electron chi connectivity index (χ1n) is 5.76. The molecule has 4 nitrogen and oxygen atoms in total. The second-order valence-corrected chi connectivity index (χ2v) is 8.53. The summed E-state index contributed by atoms with van der Waals surface area (Å²) in [6, 6.07) is 6.58. The molecule has 0 amide bonds. The first-order chi connectivity index (χ1) is 8.36. The maximum absolute atomic E-state index is 12.1. The van der Waals surface area contributed by atoms with Gasteiger partial charge in [-0.2, -0.15) is 0 Å². The van der Waals surface area contributed by atoms with E-state index in [-0.39, 0.29) is 21.7 Å². The van der Waals surface area contributed by atoms with Crippen LogP contribution in [0.1, 0.15) is 19.4 Å². The zero-order valence-electron chi connectivity index (χ0n) is 10.6. The topological polar surface area (TPSA) is 77.2 Å². The lowest BCUT2D eigenvalue weighted by Gasteiger charge is -2.07. The van der Waals surface area contributed by atoms with E-state index in [9.17, 15) is 12.6 Å². The van der Waals surface area contributed by atoms with E-state index in [4.69, 9.17) is 5.73 Å². The van der Waals surface area contributed by atoms with Crippen LogP contribution in [0.5, 0.6) is 0 Å². The fraction of sp³-hybridized carbons (Fsp3) is 0.500. The lowest BCUT2D eigenvalue weighted by atomic mass is 10.2. The molecule has 1 atom stereocenters. The van der Waals surface area contributed by atoms with Crippen molar-refractivity contribution in [2.75, 3.05) is 11.5 Å². The summed E-state index contributed by atoms with van der Waals surface area (Å²) in [7, 11) is -4.47. The summed E-state index contributed by atoms with van der Waals surface area (Å²) in [5.41, 5.74) is 6.26. The molecule has 0 saturated carbocycles. The summed E-state index contributed by atoms with van der Waals surface area (Å²) in [5, 5.41) is -0.0180. The zero-order chi connectivity index (χ0) is 13.8. The molecule has 1 rings (SSSR count). The van der Waals surface area contributed by atoms with Crippen molar-refractivity contribution in [3.05, 3.63) is 29.8 Å². The first kappa shape index (κ1) is 15.3. The highest BCUT2D eigenvalue weighted by atomic mass is 32.2. The van der Waals surface area contributed by atoms with Crippen LogP contribution in [0, 0.1) is 0 Å². The summed E-state index contributed by atoms with van der Waals surface area (Å²) in [5.74, 6) is 0.0820. The van der Waals surface area contributed by atoms with E-state index in [1.54, 1.807) is 24.3 Å². The zero-order valence-corrected chi connectivity index (χ0v) is 12.3. The molecule has 0 aliphatic rings. The van der Waals surface area contributed by atoms with Gasteiger partial charge in [0.15, 0.2) is 9.84 Å². The Labute approximate surface area is 111 Å². The molecule has 0 aliphatic carbocycles. The maximum atomic E-state index is 12.1. The van der Waals surface area contributed by atoms with Crippen molar-refractivity contribution in [1.82, 2.24) is 0 Å². The van der Waals surface area contributed by atoms with Crippen molar-refractivity contribution < 1.29 is 12.6 Å². The van der Waals surface area contributed by atoms with Crippen molar-refractivity contribution in [1.29, 1.82) is 0 Å². The highest BCUT2D eigenvalue weighted by Crippen LogP contribution is 2.13. The standard InChI is InChI=1S/C12H19NO3S2/c1-10(2)17(14)6-7-18(15,16)12-5-3-4-11(8-12)9-13/h3-5,8,10H,6-7,9,13H2,1-2H3. The number of nitrogens with two attached hydrogens (primary N) is 1. The van der Waals surface area contributed by atoms with Gasteiger partial charge in [-0.1, -0.05) is 26.0 Å². The Hall–Kier alpha value is -0.720. The third kappa shape index (κ3) is 4.19. The Kier molecular flexibility index (Phi) is 5.49. The predicted molar refractivity (Wildman–Crippen MR) is 74.5 cm³/mol. The molecule has 6 heteroatoms. The van der Waals surface area contributed by atoms with Gasteiger partial charge in [0, 0.05) is 28.3 Å². The molecule has 18 heavy (non-hydrogen) atoms. The van der Waals surface area contributed by atoms with Crippen molar-refractivity contribution in [3.63, 3.8) is 0 Å². The summed E-state index contributed by atoms with van der Waals surface area (Å²) in [6.45, 7) is 3.94. The van der Waals surface area contributed by atoms with Crippen molar-refractivity contribution in [3.8, 4) is 0 Å². The predicted octanol–water partition coefficient (Wildman–Crippen LogP) is 1.08. The Bertz CT molecular complexity index is 524. The molecule has 1 aromatic carbocycles. The molecule has 1 unspecified atom stereocenters. The van der Waals surface area contributed by atoms with Crippen LogP contribution in [0.3, 0.4) is 0 Å². The van der Waals surface area contributed by atoms with Crippen molar-refractivity contribution in [2.45, 2.75) is 30.5 Å². The number of hydrogen-bond acceptors (Lipinski definition) is 4. The van der Waals surface area contributed by atoms with E-state index in [0.29, 0.717) is 6.54 Å². The fourth-order valence-electron chi connectivity index (χ4n) is 1.41. The van der Waals surface area contributed by atoms with E-state index in [2.05, 4.69) is 0 Å². The molecule has 2 N–H and O–H groups in total. The Balaban J connectivity index is 2.83. The number of benzene rings is 1. The first-order valence-corrected chi connectivity index (χ1v) is 8.79. The van der Waals surface area contributed by atoms with Crippen LogP contribution in [0.2, 0.25) is 0 Å². The Morgan fingerprint density at radius 3 is 2.56 bits per heavy atom. The minimum atomic E-state index is -3.37. The van der Waals surface area contributed by atoms with Gasteiger partial charge in [0.25, 0.3) is 0 Å². The van der Waals surface area contributed by atoms with E-state index in [0.717, 1.165) is 5.56 Å². The van der Waals surface area contributed by atoms with Crippen LogP contribution in [0.15, 0.2) is 29.2 Å². The highest BCUT2D eigenvalue weighted by molar-refractivity contribution is 7.93. The summed E-state index contributed by atoms with van der Waals surface area (Å²) < 4.78 is 35.7. The third-order valence-electron chi connectivity index (χ3n) is 2.57. The largest absolute Gasteiger partial charge is 0.326 e. The quantitative estimate of drug-likeness (QED) is 0.850. The van der Waals surface area contributed by atoms with E-state index >= 15 is 0 Å². The van der Waals surface area contributed by atoms with E-state index < -0.39 is 20.6 Å². The molecule has 1 aromatic rings. The van der Waals surface area contributed by atoms with Gasteiger partial charge in [-0.05, 0) is 17.7 Å². The van der Waals surface area contributed by atoms with Crippen molar-refractivity contribution in [2.24, 2.45) is 5.73 Å². The monoisotopic (exact) mass is 289 g/mol. The van der Waals surface area contributed by atoms with Gasteiger partial charge in [0.05, 0.1) is 10.6 Å². The Morgan fingerprint density at radius 2 is 2.00 bits per heavy atom. The van der Waals surface area contributed by atoms with Crippen LogP contribution in [0.4, 0.5) is 0 Å². The minimum absolute atomic E-state index is 0.0180. The van der Waals surface area contributed by atoms with Gasteiger partial charge in [-0.15, -0.1) is 0 Å². The van der Waals surface area contributed by atoms with Gasteiger partial charge in [-0.3, -0.25) is 4.21 Å². The van der Waals surface area contributed by atoms with Crippen LogP contribution >= 0.6 is 0 Å². The summed E-state index contributed by atoms with van der Waals surface area (Å²) in [6.07, 6.45) is 0. The summed E-state index contributed by atoms with van der Waals surface area (Å²) in [4.78, 5) is 0.256. The average Bonchev–Trinajstić information content (AvgIpc) is 2.36. The third-order valence-corrected chi connectivity index (χ3v) is 6.20. The van der Waals surface area contributed by atoms with Crippen LogP contribution in [-0.4, -0.2) is 29.4 Å². The molecule has 0 spiro atoms. The second kappa shape index (κ2) is 6.45. The van der Waals surface area contributed by atoms with Gasteiger partial charge < -0.3 is 5.73 Å².